The van der Waals surface area contributed by atoms with Gasteiger partial charge in [-0.25, -0.2) is 0 Å². The standard InChI is InChI=1S/C12H16N2O2S/c1-17-10-7-6-9(8-10)13-11-4-2-3-5-12(11)14(15)16/h2-5,9-10,13H,6-8H2,1H3. The highest BCUT2D eigenvalue weighted by atomic mass is 32.2. The molecule has 2 unspecified atom stereocenters. The molecule has 5 heteroatoms. The van der Waals surface area contributed by atoms with Crippen molar-refractivity contribution in [2.24, 2.45) is 0 Å². The largest absolute Gasteiger partial charge is 0.377 e. The van der Waals surface area contributed by atoms with Gasteiger partial charge in [-0.2, -0.15) is 11.8 Å². The van der Waals surface area contributed by atoms with Crippen LogP contribution in [0.2, 0.25) is 0 Å². The highest BCUT2D eigenvalue weighted by Gasteiger charge is 2.25. The number of nitro groups is 1. The van der Waals surface area contributed by atoms with Crippen LogP contribution in [0.5, 0.6) is 0 Å². The minimum Gasteiger partial charge on any atom is -0.377 e. The number of thioether (sulfide) groups is 1. The van der Waals surface area contributed by atoms with Gasteiger partial charge >= 0.3 is 0 Å². The van der Waals surface area contributed by atoms with Gasteiger partial charge < -0.3 is 5.32 Å². The summed E-state index contributed by atoms with van der Waals surface area (Å²) in [6.45, 7) is 0. The van der Waals surface area contributed by atoms with E-state index in [0.717, 1.165) is 12.8 Å². The van der Waals surface area contributed by atoms with Crippen LogP contribution >= 0.6 is 11.8 Å². The summed E-state index contributed by atoms with van der Waals surface area (Å²) in [7, 11) is 0. The lowest BCUT2D eigenvalue weighted by atomic mass is 10.2. The number of benzene rings is 1. The van der Waals surface area contributed by atoms with Crippen molar-refractivity contribution in [3.05, 3.63) is 34.4 Å². The van der Waals surface area contributed by atoms with Gasteiger partial charge in [0.1, 0.15) is 5.69 Å². The molecule has 1 saturated carbocycles. The third-order valence-electron chi connectivity index (χ3n) is 3.18. The van der Waals surface area contributed by atoms with Crippen LogP contribution in [0.25, 0.3) is 0 Å². The third kappa shape index (κ3) is 2.91. The molecule has 17 heavy (non-hydrogen) atoms. The smallest absolute Gasteiger partial charge is 0.292 e. The second-order valence-electron chi connectivity index (χ2n) is 4.29. The second-order valence-corrected chi connectivity index (χ2v) is 5.42. The number of nitrogens with one attached hydrogen (secondary N) is 1. The average molecular weight is 252 g/mol. The Kier molecular flexibility index (Phi) is 3.89. The van der Waals surface area contributed by atoms with E-state index >= 15 is 0 Å². The van der Waals surface area contributed by atoms with Crippen molar-refractivity contribution in [1.82, 2.24) is 0 Å². The zero-order valence-corrected chi connectivity index (χ0v) is 10.6. The van der Waals surface area contributed by atoms with E-state index in [1.165, 1.54) is 6.42 Å². The Morgan fingerprint density at radius 3 is 2.82 bits per heavy atom. The van der Waals surface area contributed by atoms with Crippen molar-refractivity contribution < 1.29 is 4.92 Å². The predicted molar refractivity (Wildman–Crippen MR) is 71.7 cm³/mol. The molecule has 1 aliphatic carbocycles. The van der Waals surface area contributed by atoms with E-state index in [0.29, 0.717) is 17.0 Å². The minimum absolute atomic E-state index is 0.167. The molecule has 2 atom stereocenters. The van der Waals surface area contributed by atoms with Gasteiger partial charge in [0, 0.05) is 17.4 Å². The normalized spacial score (nSPS) is 23.6. The molecular formula is C12H16N2O2S. The van der Waals surface area contributed by atoms with Gasteiger partial charge in [-0.3, -0.25) is 10.1 Å². The zero-order valence-electron chi connectivity index (χ0n) is 9.76. The number of hydrogen-bond donors (Lipinski definition) is 1. The van der Waals surface area contributed by atoms with Gasteiger partial charge in [0.05, 0.1) is 4.92 Å². The van der Waals surface area contributed by atoms with E-state index in [1.54, 1.807) is 18.2 Å². The van der Waals surface area contributed by atoms with Crippen LogP contribution in [0.1, 0.15) is 19.3 Å². The lowest BCUT2D eigenvalue weighted by Gasteiger charge is -2.14. The van der Waals surface area contributed by atoms with E-state index in [-0.39, 0.29) is 10.6 Å². The summed E-state index contributed by atoms with van der Waals surface area (Å²) < 4.78 is 0. The SMILES string of the molecule is CSC1CCC(Nc2ccccc2[N+](=O)[O-])C1. The molecule has 0 aromatic heterocycles. The number of rotatable bonds is 4. The van der Waals surface area contributed by atoms with Gasteiger partial charge in [0.2, 0.25) is 0 Å². The molecule has 0 bridgehead atoms. The monoisotopic (exact) mass is 252 g/mol. The molecule has 1 aliphatic rings. The topological polar surface area (TPSA) is 55.2 Å². The lowest BCUT2D eigenvalue weighted by Crippen LogP contribution is -2.16. The summed E-state index contributed by atoms with van der Waals surface area (Å²) in [4.78, 5) is 10.5. The first-order valence-corrected chi connectivity index (χ1v) is 7.02. The van der Waals surface area contributed by atoms with Crippen molar-refractivity contribution >= 4 is 23.1 Å². The number of para-hydroxylation sites is 2. The number of nitrogens with zero attached hydrogens (tertiary/aromatic N) is 1. The fourth-order valence-electron chi connectivity index (χ4n) is 2.26. The van der Waals surface area contributed by atoms with Crippen LogP contribution in [-0.4, -0.2) is 22.5 Å². The molecule has 2 rings (SSSR count). The molecular weight excluding hydrogens is 236 g/mol. The quantitative estimate of drug-likeness (QED) is 0.660. The Morgan fingerprint density at radius 1 is 1.41 bits per heavy atom. The lowest BCUT2D eigenvalue weighted by molar-refractivity contribution is -0.384. The molecule has 1 N–H and O–H groups in total. The summed E-state index contributed by atoms with van der Waals surface area (Å²) in [6, 6.07) is 7.22. The summed E-state index contributed by atoms with van der Waals surface area (Å²) in [5.74, 6) is 0. The van der Waals surface area contributed by atoms with Crippen LogP contribution < -0.4 is 5.32 Å². The molecule has 0 radical (unpaired) electrons. The molecule has 0 spiro atoms. The molecule has 92 valence electrons. The van der Waals surface area contributed by atoms with Crippen LogP contribution in [0.4, 0.5) is 11.4 Å². The van der Waals surface area contributed by atoms with Crippen LogP contribution in [0.3, 0.4) is 0 Å². The molecule has 0 amide bonds. The second kappa shape index (κ2) is 5.40. The summed E-state index contributed by atoms with van der Waals surface area (Å²) >= 11 is 1.88. The molecule has 0 heterocycles. The Bertz CT molecular complexity index is 411. The maximum atomic E-state index is 10.9. The van der Waals surface area contributed by atoms with Crippen LogP contribution in [0, 0.1) is 10.1 Å². The molecule has 1 aromatic carbocycles. The van der Waals surface area contributed by atoms with Gasteiger partial charge in [0.25, 0.3) is 5.69 Å². The summed E-state index contributed by atoms with van der Waals surface area (Å²) in [6.07, 6.45) is 5.50. The highest BCUT2D eigenvalue weighted by molar-refractivity contribution is 7.99. The molecule has 0 saturated heterocycles. The Labute approximate surface area is 105 Å². The maximum absolute atomic E-state index is 10.9. The van der Waals surface area contributed by atoms with Crippen molar-refractivity contribution in [3.8, 4) is 0 Å². The fraction of sp³-hybridized carbons (Fsp3) is 0.500. The van der Waals surface area contributed by atoms with E-state index in [4.69, 9.17) is 0 Å². The van der Waals surface area contributed by atoms with Crippen LogP contribution in [0.15, 0.2) is 24.3 Å². The number of anilines is 1. The Balaban J connectivity index is 2.06. The van der Waals surface area contributed by atoms with Crippen LogP contribution in [-0.2, 0) is 0 Å². The van der Waals surface area contributed by atoms with Gasteiger partial charge in [-0.15, -0.1) is 0 Å². The zero-order chi connectivity index (χ0) is 12.3. The van der Waals surface area contributed by atoms with E-state index in [1.807, 2.05) is 17.8 Å². The predicted octanol–water partition coefficient (Wildman–Crippen LogP) is 3.29. The molecule has 0 aliphatic heterocycles. The number of hydrogen-bond acceptors (Lipinski definition) is 4. The Morgan fingerprint density at radius 2 is 2.18 bits per heavy atom. The van der Waals surface area contributed by atoms with Gasteiger partial charge in [-0.1, -0.05) is 12.1 Å². The van der Waals surface area contributed by atoms with Gasteiger partial charge in [-0.05, 0) is 31.6 Å². The summed E-state index contributed by atoms with van der Waals surface area (Å²) in [5.41, 5.74) is 0.810. The van der Waals surface area contributed by atoms with E-state index in [9.17, 15) is 10.1 Å². The summed E-state index contributed by atoms with van der Waals surface area (Å²) in [5, 5.41) is 14.9. The maximum Gasteiger partial charge on any atom is 0.292 e. The first-order chi connectivity index (χ1) is 8.20. The first kappa shape index (κ1) is 12.2. The van der Waals surface area contributed by atoms with Gasteiger partial charge in [0.15, 0.2) is 0 Å². The van der Waals surface area contributed by atoms with E-state index in [2.05, 4.69) is 11.6 Å². The molecule has 4 nitrogen and oxygen atoms in total. The van der Waals surface area contributed by atoms with Crippen molar-refractivity contribution in [1.29, 1.82) is 0 Å². The molecule has 1 aromatic rings. The molecule has 1 fully saturated rings. The fourth-order valence-corrected chi connectivity index (χ4v) is 3.06. The number of nitro benzene ring substituents is 1. The van der Waals surface area contributed by atoms with Crippen molar-refractivity contribution in [2.45, 2.75) is 30.6 Å². The third-order valence-corrected chi connectivity index (χ3v) is 4.27. The van der Waals surface area contributed by atoms with Crippen molar-refractivity contribution in [2.75, 3.05) is 11.6 Å². The first-order valence-electron chi connectivity index (χ1n) is 5.73. The highest BCUT2D eigenvalue weighted by Crippen LogP contribution is 2.32. The minimum atomic E-state index is -0.330. The average Bonchev–Trinajstić information content (AvgIpc) is 2.77. The van der Waals surface area contributed by atoms with E-state index < -0.39 is 0 Å². The Hall–Kier alpha value is -1.23. The van der Waals surface area contributed by atoms with Crippen molar-refractivity contribution in [3.63, 3.8) is 0 Å².